The second kappa shape index (κ2) is 3.56. The lowest BCUT2D eigenvalue weighted by molar-refractivity contribution is -0.130. The highest BCUT2D eigenvalue weighted by atomic mass is 16.2. The molecule has 14 heavy (non-hydrogen) atoms. The fourth-order valence-electron chi connectivity index (χ4n) is 2.65. The fourth-order valence-corrected chi connectivity index (χ4v) is 2.65. The minimum absolute atomic E-state index is 0.0519. The van der Waals surface area contributed by atoms with Gasteiger partial charge in [0.1, 0.15) is 5.78 Å². The highest BCUT2D eigenvalue weighted by molar-refractivity contribution is 6.03. The van der Waals surface area contributed by atoms with Crippen molar-refractivity contribution in [3.63, 3.8) is 0 Å². The maximum atomic E-state index is 11.6. The molecule has 0 unspecified atom stereocenters. The van der Waals surface area contributed by atoms with Crippen molar-refractivity contribution in [2.75, 3.05) is 0 Å². The first-order chi connectivity index (χ1) is 6.74. The number of aliphatic hydroxyl groups is 1. The first-order valence-electron chi connectivity index (χ1n) is 5.14. The van der Waals surface area contributed by atoms with Crippen LogP contribution in [0.2, 0.25) is 0 Å². The van der Waals surface area contributed by atoms with Crippen LogP contribution in [-0.4, -0.2) is 16.7 Å². The van der Waals surface area contributed by atoms with E-state index in [0.717, 1.165) is 25.5 Å². The normalized spacial score (nSPS) is 35.9. The summed E-state index contributed by atoms with van der Waals surface area (Å²) >= 11 is 0. The summed E-state index contributed by atoms with van der Waals surface area (Å²) in [7, 11) is 0. The number of Topliss-reactive ketones (excluding diaryl/α,β-unsaturated/α-hetero) is 2. The van der Waals surface area contributed by atoms with E-state index in [2.05, 4.69) is 0 Å². The summed E-state index contributed by atoms with van der Waals surface area (Å²) in [6, 6.07) is 0. The molecule has 76 valence electrons. The van der Waals surface area contributed by atoms with Crippen LogP contribution >= 0.6 is 0 Å². The van der Waals surface area contributed by atoms with Crippen LogP contribution in [-0.2, 0) is 9.59 Å². The van der Waals surface area contributed by atoms with Crippen molar-refractivity contribution in [2.45, 2.75) is 32.1 Å². The number of hydrogen-bond donors (Lipinski definition) is 1. The Morgan fingerprint density at radius 1 is 1.21 bits per heavy atom. The summed E-state index contributed by atoms with van der Waals surface area (Å²) in [5, 5.41) is 8.98. The summed E-state index contributed by atoms with van der Waals surface area (Å²) in [6.45, 7) is 0. The van der Waals surface area contributed by atoms with Gasteiger partial charge in [-0.25, -0.2) is 0 Å². The zero-order valence-electron chi connectivity index (χ0n) is 8.03. The monoisotopic (exact) mass is 194 g/mol. The predicted octanol–water partition coefficient (Wildman–Crippen LogP) is 1.78. The number of fused-ring (bicyclic) bond motifs is 1. The third-order valence-corrected chi connectivity index (χ3v) is 3.35. The number of aliphatic hydroxyl groups excluding tert-OH is 1. The molecule has 2 saturated carbocycles. The highest BCUT2D eigenvalue weighted by Gasteiger charge is 2.40. The molecule has 1 N–H and O–H groups in total. The van der Waals surface area contributed by atoms with Gasteiger partial charge in [0.2, 0.25) is 0 Å². The zero-order valence-corrected chi connectivity index (χ0v) is 8.03. The highest BCUT2D eigenvalue weighted by Crippen LogP contribution is 2.39. The molecule has 0 amide bonds. The van der Waals surface area contributed by atoms with Gasteiger partial charge in [-0.05, 0) is 25.2 Å². The predicted molar refractivity (Wildman–Crippen MR) is 50.8 cm³/mol. The van der Waals surface area contributed by atoms with Gasteiger partial charge < -0.3 is 5.11 Å². The zero-order chi connectivity index (χ0) is 10.1. The summed E-state index contributed by atoms with van der Waals surface area (Å²) in [5.41, 5.74) is 0.353. The smallest absolute Gasteiger partial charge is 0.162 e. The fraction of sp³-hybridized carbons (Fsp3) is 0.636. The first kappa shape index (κ1) is 9.44. The summed E-state index contributed by atoms with van der Waals surface area (Å²) in [5.74, 6) is 0.0842. The van der Waals surface area contributed by atoms with Crippen LogP contribution in [0.1, 0.15) is 32.1 Å². The van der Waals surface area contributed by atoms with Crippen molar-refractivity contribution in [3.8, 4) is 0 Å². The molecule has 2 rings (SSSR count). The number of carbonyl (C=O) groups is 2. The van der Waals surface area contributed by atoms with Gasteiger partial charge in [0.25, 0.3) is 0 Å². The quantitative estimate of drug-likeness (QED) is 0.472. The van der Waals surface area contributed by atoms with Gasteiger partial charge >= 0.3 is 0 Å². The van der Waals surface area contributed by atoms with E-state index in [1.165, 1.54) is 0 Å². The summed E-state index contributed by atoms with van der Waals surface area (Å²) < 4.78 is 0. The number of ketones is 2. The van der Waals surface area contributed by atoms with Crippen molar-refractivity contribution in [2.24, 2.45) is 11.8 Å². The van der Waals surface area contributed by atoms with Crippen molar-refractivity contribution < 1.29 is 14.7 Å². The van der Waals surface area contributed by atoms with Crippen LogP contribution in [0.25, 0.3) is 0 Å². The molecular weight excluding hydrogens is 180 g/mol. The average molecular weight is 194 g/mol. The number of allylic oxidation sites excluding steroid dienone is 1. The Labute approximate surface area is 82.8 Å². The van der Waals surface area contributed by atoms with E-state index in [-0.39, 0.29) is 17.5 Å². The lowest BCUT2D eigenvalue weighted by Crippen LogP contribution is -2.36. The molecule has 0 bridgehead atoms. The standard InChI is InChI=1S/C11H14O3/c12-6-8-9(13)5-4-7-2-1-3-10(14)11(7)8/h6-7,11-12H,1-5H2/b8-6+/t7-,11+/m0/s1. The average Bonchev–Trinajstić information content (AvgIpc) is 2.19. The van der Waals surface area contributed by atoms with E-state index in [1.54, 1.807) is 0 Å². The van der Waals surface area contributed by atoms with Crippen molar-refractivity contribution in [1.29, 1.82) is 0 Å². The third kappa shape index (κ3) is 1.37. The van der Waals surface area contributed by atoms with Gasteiger partial charge in [-0.2, -0.15) is 0 Å². The summed E-state index contributed by atoms with van der Waals surface area (Å²) in [4.78, 5) is 23.1. The van der Waals surface area contributed by atoms with Crippen LogP contribution < -0.4 is 0 Å². The minimum atomic E-state index is -0.296. The Kier molecular flexibility index (Phi) is 2.40. The van der Waals surface area contributed by atoms with Gasteiger partial charge in [0, 0.05) is 18.4 Å². The maximum Gasteiger partial charge on any atom is 0.162 e. The van der Waals surface area contributed by atoms with Crippen molar-refractivity contribution >= 4 is 11.6 Å². The minimum Gasteiger partial charge on any atom is -0.515 e. The second-order valence-electron chi connectivity index (χ2n) is 4.14. The van der Waals surface area contributed by atoms with Crippen molar-refractivity contribution in [1.82, 2.24) is 0 Å². The number of hydrogen-bond acceptors (Lipinski definition) is 3. The van der Waals surface area contributed by atoms with Crippen LogP contribution in [0.3, 0.4) is 0 Å². The molecule has 2 fully saturated rings. The largest absolute Gasteiger partial charge is 0.515 e. The first-order valence-corrected chi connectivity index (χ1v) is 5.14. The lowest BCUT2D eigenvalue weighted by atomic mass is 9.67. The van der Waals surface area contributed by atoms with E-state index >= 15 is 0 Å². The molecular formula is C11H14O3. The molecule has 0 aromatic rings. The molecule has 2 aliphatic carbocycles. The Bertz CT molecular complexity index is 304. The second-order valence-corrected chi connectivity index (χ2v) is 4.14. The molecule has 0 saturated heterocycles. The Balaban J connectivity index is 2.30. The van der Waals surface area contributed by atoms with E-state index in [9.17, 15) is 9.59 Å². The molecule has 0 spiro atoms. The van der Waals surface area contributed by atoms with Gasteiger partial charge in [-0.1, -0.05) is 0 Å². The Hall–Kier alpha value is -1.12. The summed E-state index contributed by atoms with van der Waals surface area (Å²) in [6.07, 6.45) is 4.66. The SMILES string of the molecule is O=C1CC[C@@H]2CCCC(=O)[C@H]2/C1=C/O. The Morgan fingerprint density at radius 3 is 2.71 bits per heavy atom. The molecule has 3 nitrogen and oxygen atoms in total. The molecule has 2 atom stereocenters. The van der Waals surface area contributed by atoms with Crippen molar-refractivity contribution in [3.05, 3.63) is 11.8 Å². The molecule has 0 aromatic carbocycles. The van der Waals surface area contributed by atoms with E-state index in [0.29, 0.717) is 24.3 Å². The van der Waals surface area contributed by atoms with Gasteiger partial charge in [0.15, 0.2) is 5.78 Å². The molecule has 3 heteroatoms. The number of rotatable bonds is 0. The van der Waals surface area contributed by atoms with Crippen LogP contribution in [0.15, 0.2) is 11.8 Å². The third-order valence-electron chi connectivity index (χ3n) is 3.35. The molecule has 2 aliphatic rings. The van der Waals surface area contributed by atoms with Crippen LogP contribution in [0.4, 0.5) is 0 Å². The molecule has 0 heterocycles. The van der Waals surface area contributed by atoms with Crippen LogP contribution in [0.5, 0.6) is 0 Å². The lowest BCUT2D eigenvalue weighted by Gasteiger charge is -2.34. The van der Waals surface area contributed by atoms with Gasteiger partial charge in [0.05, 0.1) is 12.2 Å². The van der Waals surface area contributed by atoms with Crippen LogP contribution in [0, 0.1) is 11.8 Å². The van der Waals surface area contributed by atoms with Gasteiger partial charge in [-0.3, -0.25) is 9.59 Å². The topological polar surface area (TPSA) is 54.4 Å². The van der Waals surface area contributed by atoms with Gasteiger partial charge in [-0.15, -0.1) is 0 Å². The van der Waals surface area contributed by atoms with E-state index in [1.807, 2.05) is 0 Å². The van der Waals surface area contributed by atoms with E-state index in [4.69, 9.17) is 5.11 Å². The van der Waals surface area contributed by atoms with E-state index < -0.39 is 0 Å². The number of carbonyl (C=O) groups excluding carboxylic acids is 2. The molecule has 0 radical (unpaired) electrons. The Morgan fingerprint density at radius 2 is 2.00 bits per heavy atom. The molecule has 0 aliphatic heterocycles. The maximum absolute atomic E-state index is 11.6. The molecule has 0 aromatic heterocycles.